The molecule has 0 aliphatic carbocycles. The van der Waals surface area contributed by atoms with Crippen LogP contribution in [-0.2, 0) is 17.6 Å². The Labute approximate surface area is 165 Å². The van der Waals surface area contributed by atoms with Gasteiger partial charge in [0, 0.05) is 6.54 Å². The van der Waals surface area contributed by atoms with E-state index in [1.807, 2.05) is 32.0 Å². The lowest BCUT2D eigenvalue weighted by molar-refractivity contribution is -0.129. The van der Waals surface area contributed by atoms with E-state index in [9.17, 15) is 14.3 Å². The molecule has 0 saturated heterocycles. The van der Waals surface area contributed by atoms with Gasteiger partial charge in [-0.1, -0.05) is 18.2 Å². The summed E-state index contributed by atoms with van der Waals surface area (Å²) in [6, 6.07) is 11.7. The van der Waals surface area contributed by atoms with Crippen LogP contribution in [0.25, 0.3) is 0 Å². The lowest BCUT2D eigenvalue weighted by atomic mass is 10.1. The first-order valence-corrected chi connectivity index (χ1v) is 9.43. The van der Waals surface area contributed by atoms with Crippen molar-refractivity contribution < 1.29 is 23.8 Å². The van der Waals surface area contributed by atoms with Gasteiger partial charge in [0.2, 0.25) is 5.91 Å². The van der Waals surface area contributed by atoms with Crippen LogP contribution >= 0.6 is 0 Å². The summed E-state index contributed by atoms with van der Waals surface area (Å²) >= 11 is 0. The fraction of sp³-hybridized carbons (Fsp3) is 0.409. The number of nitrogens with one attached hydrogen (secondary N) is 1. The van der Waals surface area contributed by atoms with Crippen molar-refractivity contribution in [2.24, 2.45) is 0 Å². The van der Waals surface area contributed by atoms with E-state index in [4.69, 9.17) is 9.47 Å². The molecule has 0 saturated carbocycles. The number of rotatable bonds is 10. The maximum Gasteiger partial charge on any atom is 0.248 e. The molecule has 6 heteroatoms. The van der Waals surface area contributed by atoms with Crippen LogP contribution in [0.4, 0.5) is 4.39 Å². The van der Waals surface area contributed by atoms with Crippen molar-refractivity contribution >= 4 is 5.91 Å². The van der Waals surface area contributed by atoms with Crippen LogP contribution < -0.4 is 14.8 Å². The van der Waals surface area contributed by atoms with Crippen LogP contribution in [-0.4, -0.2) is 36.9 Å². The predicted octanol–water partition coefficient (Wildman–Crippen LogP) is 3.27. The van der Waals surface area contributed by atoms with E-state index < -0.39 is 12.0 Å². The van der Waals surface area contributed by atoms with Crippen LogP contribution in [0, 0.1) is 5.82 Å². The summed E-state index contributed by atoms with van der Waals surface area (Å²) in [5.74, 6) is 0.620. The first-order chi connectivity index (χ1) is 13.4. The number of carbonyl (C=O) groups is 1. The quantitative estimate of drug-likeness (QED) is 0.654. The third-order valence-corrected chi connectivity index (χ3v) is 4.23. The van der Waals surface area contributed by atoms with E-state index in [-0.39, 0.29) is 18.3 Å². The van der Waals surface area contributed by atoms with Gasteiger partial charge in [-0.15, -0.1) is 0 Å². The Morgan fingerprint density at radius 3 is 2.39 bits per heavy atom. The average molecular weight is 389 g/mol. The zero-order valence-corrected chi connectivity index (χ0v) is 16.6. The molecule has 0 unspecified atom stereocenters. The molecule has 0 heterocycles. The largest absolute Gasteiger partial charge is 0.493 e. The number of aryl methyl sites for hydroxylation is 1. The number of halogens is 1. The average Bonchev–Trinajstić information content (AvgIpc) is 2.67. The first-order valence-electron chi connectivity index (χ1n) is 9.43. The molecule has 0 aliphatic heterocycles. The second-order valence-corrected chi connectivity index (χ2v) is 6.87. The highest BCUT2D eigenvalue weighted by atomic mass is 19.1. The molecule has 1 amide bonds. The highest BCUT2D eigenvalue weighted by Crippen LogP contribution is 2.29. The number of benzene rings is 2. The van der Waals surface area contributed by atoms with Crippen molar-refractivity contribution in [1.82, 2.24) is 5.32 Å². The van der Waals surface area contributed by atoms with Crippen molar-refractivity contribution in [1.29, 1.82) is 0 Å². The van der Waals surface area contributed by atoms with Crippen molar-refractivity contribution in [2.75, 3.05) is 13.7 Å². The molecule has 28 heavy (non-hydrogen) atoms. The number of ether oxygens (including phenoxy) is 2. The Kier molecular flexibility index (Phi) is 8.26. The van der Waals surface area contributed by atoms with Crippen molar-refractivity contribution in [3.8, 4) is 11.5 Å². The highest BCUT2D eigenvalue weighted by Gasteiger charge is 2.14. The Hall–Kier alpha value is -2.60. The lowest BCUT2D eigenvalue weighted by Gasteiger charge is -2.15. The monoisotopic (exact) mass is 389 g/mol. The van der Waals surface area contributed by atoms with E-state index in [0.29, 0.717) is 30.9 Å². The van der Waals surface area contributed by atoms with Gasteiger partial charge in [-0.25, -0.2) is 4.39 Å². The van der Waals surface area contributed by atoms with Gasteiger partial charge in [0.1, 0.15) is 11.9 Å². The van der Waals surface area contributed by atoms with Gasteiger partial charge >= 0.3 is 0 Å². The maximum atomic E-state index is 12.9. The van der Waals surface area contributed by atoms with E-state index in [2.05, 4.69) is 5.32 Å². The molecular weight excluding hydrogens is 361 g/mol. The summed E-state index contributed by atoms with van der Waals surface area (Å²) in [5, 5.41) is 12.8. The Morgan fingerprint density at radius 1 is 1.07 bits per heavy atom. The minimum Gasteiger partial charge on any atom is -0.493 e. The van der Waals surface area contributed by atoms with Crippen LogP contribution in [0.1, 0.15) is 31.4 Å². The normalized spacial score (nSPS) is 11.9. The van der Waals surface area contributed by atoms with Crippen LogP contribution in [0.3, 0.4) is 0 Å². The van der Waals surface area contributed by atoms with Crippen molar-refractivity contribution in [2.45, 2.75) is 45.3 Å². The van der Waals surface area contributed by atoms with Gasteiger partial charge in [0.05, 0.1) is 13.2 Å². The summed E-state index contributed by atoms with van der Waals surface area (Å²) in [6.07, 6.45) is 0.349. The second-order valence-electron chi connectivity index (χ2n) is 6.87. The fourth-order valence-corrected chi connectivity index (χ4v) is 2.75. The fourth-order valence-electron chi connectivity index (χ4n) is 2.75. The number of hydrogen-bond acceptors (Lipinski definition) is 4. The third kappa shape index (κ3) is 6.85. The van der Waals surface area contributed by atoms with E-state index in [1.54, 1.807) is 19.2 Å². The van der Waals surface area contributed by atoms with E-state index >= 15 is 0 Å². The van der Waals surface area contributed by atoms with Gasteiger partial charge in [0.25, 0.3) is 0 Å². The molecule has 0 aromatic heterocycles. The molecule has 2 aromatic carbocycles. The molecule has 0 spiro atoms. The lowest BCUT2D eigenvalue weighted by Crippen LogP contribution is -2.36. The van der Waals surface area contributed by atoms with Gasteiger partial charge < -0.3 is 19.9 Å². The summed E-state index contributed by atoms with van der Waals surface area (Å²) in [4.78, 5) is 12.0. The summed E-state index contributed by atoms with van der Waals surface area (Å²) in [7, 11) is 1.59. The molecule has 0 fully saturated rings. The minimum atomic E-state index is -1.10. The Balaban J connectivity index is 1.78. The number of aliphatic hydroxyl groups excluding tert-OH is 1. The van der Waals surface area contributed by atoms with Crippen LogP contribution in [0.2, 0.25) is 0 Å². The van der Waals surface area contributed by atoms with Gasteiger partial charge in [0.15, 0.2) is 11.5 Å². The van der Waals surface area contributed by atoms with E-state index in [0.717, 1.165) is 11.1 Å². The smallest absolute Gasteiger partial charge is 0.248 e. The molecule has 2 N–H and O–H groups in total. The topological polar surface area (TPSA) is 67.8 Å². The number of aliphatic hydroxyl groups is 1. The molecule has 2 aromatic rings. The number of amides is 1. The highest BCUT2D eigenvalue weighted by molar-refractivity contribution is 5.80. The molecule has 2 rings (SSSR count). The second kappa shape index (κ2) is 10.7. The molecule has 0 radical (unpaired) electrons. The Bertz CT molecular complexity index is 762. The predicted molar refractivity (Wildman–Crippen MR) is 106 cm³/mol. The summed E-state index contributed by atoms with van der Waals surface area (Å²) in [6.45, 7) is 4.30. The maximum absolute atomic E-state index is 12.9. The van der Waals surface area contributed by atoms with Crippen molar-refractivity contribution in [3.63, 3.8) is 0 Å². The molecule has 0 bridgehead atoms. The van der Waals surface area contributed by atoms with Gasteiger partial charge in [-0.3, -0.25) is 4.79 Å². The molecule has 1 atom stereocenters. The number of carbonyl (C=O) groups excluding carboxylic acids is 1. The van der Waals surface area contributed by atoms with Crippen LogP contribution in [0.5, 0.6) is 11.5 Å². The summed E-state index contributed by atoms with van der Waals surface area (Å²) < 4.78 is 23.9. The van der Waals surface area contributed by atoms with Crippen LogP contribution in [0.15, 0.2) is 42.5 Å². The van der Waals surface area contributed by atoms with Gasteiger partial charge in [-0.05, 0) is 68.5 Å². The molecule has 152 valence electrons. The van der Waals surface area contributed by atoms with Crippen molar-refractivity contribution in [3.05, 3.63) is 59.4 Å². The zero-order valence-electron chi connectivity index (χ0n) is 16.6. The zero-order chi connectivity index (χ0) is 20.5. The first kappa shape index (κ1) is 21.7. The standard InChI is InChI=1S/C22H28FNO4/c1-15(2)28-20-11-7-17(14-21(20)27-3)12-13-24-22(26)19(25)10-6-16-4-8-18(23)9-5-16/h4-5,7-9,11,14-15,19,25H,6,10,12-13H2,1-3H3,(H,24,26)/t19-/m0/s1. The minimum absolute atomic E-state index is 0.0513. The SMILES string of the molecule is COc1cc(CCNC(=O)[C@@H](O)CCc2ccc(F)cc2)ccc1OC(C)C. The molecule has 0 aliphatic rings. The van der Waals surface area contributed by atoms with Gasteiger partial charge in [-0.2, -0.15) is 0 Å². The number of methoxy groups -OCH3 is 1. The summed E-state index contributed by atoms with van der Waals surface area (Å²) in [5.41, 5.74) is 1.87. The third-order valence-electron chi connectivity index (χ3n) is 4.23. The molecular formula is C22H28FNO4. The van der Waals surface area contributed by atoms with E-state index in [1.165, 1.54) is 12.1 Å². The number of hydrogen-bond donors (Lipinski definition) is 2. The Morgan fingerprint density at radius 2 is 1.75 bits per heavy atom. The molecule has 5 nitrogen and oxygen atoms in total.